The van der Waals surface area contributed by atoms with Gasteiger partial charge >= 0.3 is 0 Å². The smallest absolute Gasteiger partial charge is 0.197 e. The molecule has 0 saturated carbocycles. The number of aromatic nitrogens is 1. The molecule has 0 radical (unpaired) electrons. The third-order valence-electron chi connectivity index (χ3n) is 3.44. The van der Waals surface area contributed by atoms with Crippen LogP contribution in [-0.4, -0.2) is 30.0 Å². The average molecular weight is 222 g/mol. The summed E-state index contributed by atoms with van der Waals surface area (Å²) in [6.07, 6.45) is 2.35. The molecule has 1 fully saturated rings. The minimum Gasteiger partial charge on any atom is -0.445 e. The predicted octanol–water partition coefficient (Wildman–Crippen LogP) is 2.92. The SMILES string of the molecule is Cc1nc(C2CCN(C)CC2)oc1C(C)C. The molecule has 1 aliphatic heterocycles. The van der Waals surface area contributed by atoms with Crippen molar-refractivity contribution >= 4 is 0 Å². The molecule has 3 nitrogen and oxygen atoms in total. The van der Waals surface area contributed by atoms with Crippen LogP contribution in [0.1, 0.15) is 55.9 Å². The molecule has 0 unspecified atom stereocenters. The maximum atomic E-state index is 5.92. The maximum absolute atomic E-state index is 5.92. The molecule has 0 bridgehead atoms. The Balaban J connectivity index is 2.12. The molecule has 1 aliphatic rings. The van der Waals surface area contributed by atoms with Gasteiger partial charge in [-0.2, -0.15) is 0 Å². The van der Waals surface area contributed by atoms with E-state index in [1.54, 1.807) is 0 Å². The van der Waals surface area contributed by atoms with Crippen LogP contribution in [0.5, 0.6) is 0 Å². The van der Waals surface area contributed by atoms with E-state index in [1.807, 2.05) is 0 Å². The lowest BCUT2D eigenvalue weighted by atomic mass is 9.97. The second kappa shape index (κ2) is 4.58. The van der Waals surface area contributed by atoms with Crippen LogP contribution in [0.4, 0.5) is 0 Å². The first-order valence-corrected chi connectivity index (χ1v) is 6.23. The summed E-state index contributed by atoms with van der Waals surface area (Å²) in [7, 11) is 2.18. The van der Waals surface area contributed by atoms with Gasteiger partial charge in [0.15, 0.2) is 5.89 Å². The van der Waals surface area contributed by atoms with Gasteiger partial charge in [-0.15, -0.1) is 0 Å². The molecule has 0 aromatic carbocycles. The van der Waals surface area contributed by atoms with Gasteiger partial charge in [0.1, 0.15) is 5.76 Å². The summed E-state index contributed by atoms with van der Waals surface area (Å²) in [6.45, 7) is 8.68. The van der Waals surface area contributed by atoms with Crippen molar-refractivity contribution in [2.75, 3.05) is 20.1 Å². The second-order valence-electron chi connectivity index (χ2n) is 5.23. The summed E-state index contributed by atoms with van der Waals surface area (Å²) in [4.78, 5) is 6.97. The highest BCUT2D eigenvalue weighted by Gasteiger charge is 2.24. The van der Waals surface area contributed by atoms with E-state index < -0.39 is 0 Å². The zero-order chi connectivity index (χ0) is 11.7. The molecule has 0 aliphatic carbocycles. The van der Waals surface area contributed by atoms with Gasteiger partial charge in [-0.25, -0.2) is 4.98 Å². The molecule has 0 spiro atoms. The van der Waals surface area contributed by atoms with Crippen molar-refractivity contribution in [1.82, 2.24) is 9.88 Å². The summed E-state index contributed by atoms with van der Waals surface area (Å²) >= 11 is 0. The van der Waals surface area contributed by atoms with Crippen LogP contribution < -0.4 is 0 Å². The fourth-order valence-corrected chi connectivity index (χ4v) is 2.40. The van der Waals surface area contributed by atoms with Gasteiger partial charge in [0.2, 0.25) is 0 Å². The van der Waals surface area contributed by atoms with E-state index in [1.165, 1.54) is 12.8 Å². The molecule has 90 valence electrons. The minimum atomic E-state index is 0.438. The van der Waals surface area contributed by atoms with Crippen LogP contribution in [0.3, 0.4) is 0 Å². The van der Waals surface area contributed by atoms with Crippen LogP contribution in [-0.2, 0) is 0 Å². The number of rotatable bonds is 2. The zero-order valence-electron chi connectivity index (χ0n) is 10.8. The molecule has 0 atom stereocenters. The lowest BCUT2D eigenvalue weighted by Gasteiger charge is -2.26. The Hall–Kier alpha value is -0.830. The number of nitrogens with zero attached hydrogens (tertiary/aromatic N) is 2. The molecule has 3 heteroatoms. The van der Waals surface area contributed by atoms with Crippen molar-refractivity contribution < 1.29 is 4.42 Å². The maximum Gasteiger partial charge on any atom is 0.197 e. The van der Waals surface area contributed by atoms with E-state index in [-0.39, 0.29) is 0 Å². The normalized spacial score (nSPS) is 19.6. The summed E-state index contributed by atoms with van der Waals surface area (Å²) in [5.74, 6) is 3.00. The van der Waals surface area contributed by atoms with Gasteiger partial charge < -0.3 is 9.32 Å². The Morgan fingerprint density at radius 2 is 1.94 bits per heavy atom. The van der Waals surface area contributed by atoms with E-state index in [9.17, 15) is 0 Å². The van der Waals surface area contributed by atoms with Gasteiger partial charge in [-0.1, -0.05) is 13.8 Å². The Morgan fingerprint density at radius 3 is 2.44 bits per heavy atom. The Labute approximate surface area is 97.8 Å². The topological polar surface area (TPSA) is 29.3 Å². The summed E-state index contributed by atoms with van der Waals surface area (Å²) in [5, 5.41) is 0. The molecular formula is C13H22N2O. The van der Waals surface area contributed by atoms with Crippen molar-refractivity contribution in [1.29, 1.82) is 0 Å². The first-order chi connectivity index (χ1) is 7.58. The Kier molecular flexibility index (Phi) is 3.33. The summed E-state index contributed by atoms with van der Waals surface area (Å²) < 4.78 is 5.92. The quantitative estimate of drug-likeness (QED) is 0.770. The average Bonchev–Trinajstić information content (AvgIpc) is 2.61. The highest BCUT2D eigenvalue weighted by molar-refractivity contribution is 5.13. The van der Waals surface area contributed by atoms with Crippen molar-refractivity contribution in [3.05, 3.63) is 17.3 Å². The molecular weight excluding hydrogens is 200 g/mol. The van der Waals surface area contributed by atoms with Crippen LogP contribution in [0, 0.1) is 6.92 Å². The first kappa shape index (κ1) is 11.6. The van der Waals surface area contributed by atoms with Crippen molar-refractivity contribution in [3.8, 4) is 0 Å². The van der Waals surface area contributed by atoms with Gasteiger partial charge in [0.05, 0.1) is 5.69 Å². The number of oxazole rings is 1. The van der Waals surface area contributed by atoms with Crippen molar-refractivity contribution in [2.45, 2.75) is 45.4 Å². The third-order valence-corrected chi connectivity index (χ3v) is 3.44. The molecule has 0 N–H and O–H groups in total. The van der Waals surface area contributed by atoms with E-state index in [0.29, 0.717) is 11.8 Å². The van der Waals surface area contributed by atoms with Crippen molar-refractivity contribution in [3.63, 3.8) is 0 Å². The Morgan fingerprint density at radius 1 is 1.31 bits per heavy atom. The third kappa shape index (κ3) is 2.29. The highest BCUT2D eigenvalue weighted by atomic mass is 16.4. The second-order valence-corrected chi connectivity index (χ2v) is 5.23. The molecule has 1 aromatic heterocycles. The van der Waals surface area contributed by atoms with Crippen LogP contribution in [0.2, 0.25) is 0 Å². The summed E-state index contributed by atoms with van der Waals surface area (Å²) in [6, 6.07) is 0. The van der Waals surface area contributed by atoms with Crippen LogP contribution in [0.25, 0.3) is 0 Å². The molecule has 1 aromatic rings. The predicted molar refractivity (Wildman–Crippen MR) is 64.8 cm³/mol. The van der Waals surface area contributed by atoms with E-state index in [4.69, 9.17) is 4.42 Å². The number of aryl methyl sites for hydroxylation is 1. The molecule has 1 saturated heterocycles. The summed E-state index contributed by atoms with van der Waals surface area (Å²) in [5.41, 5.74) is 1.07. The highest BCUT2D eigenvalue weighted by Crippen LogP contribution is 2.30. The minimum absolute atomic E-state index is 0.438. The first-order valence-electron chi connectivity index (χ1n) is 6.23. The largest absolute Gasteiger partial charge is 0.445 e. The lowest BCUT2D eigenvalue weighted by molar-refractivity contribution is 0.234. The van der Waals surface area contributed by atoms with Crippen molar-refractivity contribution in [2.24, 2.45) is 0 Å². The van der Waals surface area contributed by atoms with Crippen LogP contribution >= 0.6 is 0 Å². The van der Waals surface area contributed by atoms with Gasteiger partial charge in [-0.3, -0.25) is 0 Å². The van der Waals surface area contributed by atoms with Gasteiger partial charge in [0, 0.05) is 11.8 Å². The zero-order valence-corrected chi connectivity index (χ0v) is 10.8. The monoisotopic (exact) mass is 222 g/mol. The van der Waals surface area contributed by atoms with Gasteiger partial charge in [0.25, 0.3) is 0 Å². The molecule has 16 heavy (non-hydrogen) atoms. The number of hydrogen-bond donors (Lipinski definition) is 0. The van der Waals surface area contributed by atoms with E-state index in [2.05, 4.69) is 37.7 Å². The molecule has 2 rings (SSSR count). The van der Waals surface area contributed by atoms with E-state index >= 15 is 0 Å². The van der Waals surface area contributed by atoms with E-state index in [0.717, 1.165) is 30.4 Å². The fraction of sp³-hybridized carbons (Fsp3) is 0.769. The number of likely N-dealkylation sites (tertiary alicyclic amines) is 1. The number of hydrogen-bond acceptors (Lipinski definition) is 3. The fourth-order valence-electron chi connectivity index (χ4n) is 2.40. The number of piperidine rings is 1. The Bertz CT molecular complexity index is 349. The lowest BCUT2D eigenvalue weighted by Crippen LogP contribution is -2.29. The van der Waals surface area contributed by atoms with Crippen LogP contribution in [0.15, 0.2) is 4.42 Å². The standard InChI is InChI=1S/C13H22N2O/c1-9(2)12-10(3)14-13(16-12)11-5-7-15(4)8-6-11/h9,11H,5-8H2,1-4H3. The molecule has 2 heterocycles. The molecule has 0 amide bonds. The van der Waals surface area contributed by atoms with Gasteiger partial charge in [-0.05, 0) is 39.9 Å².